The van der Waals surface area contributed by atoms with Crippen molar-refractivity contribution >= 4 is 0 Å². The number of hydrogen-bond donors (Lipinski definition) is 1. The number of ether oxygens (including phenoxy) is 3. The number of fused-ring (bicyclic) bond motifs is 3. The molecule has 0 saturated heterocycles. The average Bonchev–Trinajstić information content (AvgIpc) is 3.15. The lowest BCUT2D eigenvalue weighted by atomic mass is 10.0. The highest BCUT2D eigenvalue weighted by Crippen LogP contribution is 2.36. The van der Waals surface area contributed by atoms with Gasteiger partial charge < -0.3 is 24.1 Å². The summed E-state index contributed by atoms with van der Waals surface area (Å²) in [5.74, 6) is 1.41. The molecule has 2 heterocycles. The predicted molar refractivity (Wildman–Crippen MR) is 109 cm³/mol. The molecule has 0 unspecified atom stereocenters. The van der Waals surface area contributed by atoms with Crippen molar-refractivity contribution in [2.24, 2.45) is 0 Å². The smallest absolute Gasteiger partial charge is 0.165 e. The molecule has 0 fully saturated rings. The maximum absolute atomic E-state index is 13.9. The molecule has 0 bridgehead atoms. The Balaban J connectivity index is 1.81. The average molecular weight is 397 g/mol. The third kappa shape index (κ3) is 3.56. The Kier molecular flexibility index (Phi) is 5.45. The van der Waals surface area contributed by atoms with Crippen LogP contribution in [0.15, 0.2) is 48.7 Å². The number of quaternary nitrogens is 1. The molecular weight excluding hydrogens is 371 g/mol. The molecule has 4 rings (SSSR count). The maximum atomic E-state index is 13.9. The Bertz CT molecular complexity index is 1020. The van der Waals surface area contributed by atoms with Gasteiger partial charge in [-0.1, -0.05) is 0 Å². The van der Waals surface area contributed by atoms with Gasteiger partial charge in [-0.3, -0.25) is 0 Å². The van der Waals surface area contributed by atoms with Crippen LogP contribution in [-0.2, 0) is 6.54 Å². The van der Waals surface area contributed by atoms with Gasteiger partial charge in [0.05, 0.1) is 31.7 Å². The first-order chi connectivity index (χ1) is 14.2. The zero-order valence-electron chi connectivity index (χ0n) is 16.9. The highest BCUT2D eigenvalue weighted by atomic mass is 19.1. The van der Waals surface area contributed by atoms with E-state index in [1.165, 1.54) is 13.2 Å². The Labute approximate surface area is 170 Å². The summed E-state index contributed by atoms with van der Waals surface area (Å²) in [6.45, 7) is 5.84. The molecule has 29 heavy (non-hydrogen) atoms. The molecule has 5 nitrogen and oxygen atoms in total. The van der Waals surface area contributed by atoms with Crippen LogP contribution in [0.5, 0.6) is 17.2 Å². The van der Waals surface area contributed by atoms with E-state index >= 15 is 0 Å². The zero-order chi connectivity index (χ0) is 20.4. The van der Waals surface area contributed by atoms with E-state index in [2.05, 4.69) is 34.3 Å². The van der Waals surface area contributed by atoms with Gasteiger partial charge in [0.15, 0.2) is 29.1 Å². The highest BCUT2D eigenvalue weighted by molar-refractivity contribution is 5.56. The Morgan fingerprint density at radius 2 is 1.79 bits per heavy atom. The van der Waals surface area contributed by atoms with E-state index in [4.69, 9.17) is 14.2 Å². The van der Waals surface area contributed by atoms with E-state index in [0.29, 0.717) is 13.2 Å². The molecule has 0 aliphatic carbocycles. The molecule has 152 valence electrons. The number of benzene rings is 2. The van der Waals surface area contributed by atoms with Gasteiger partial charge in [0, 0.05) is 23.4 Å². The van der Waals surface area contributed by atoms with Crippen molar-refractivity contribution in [1.29, 1.82) is 0 Å². The molecule has 0 saturated carbocycles. The summed E-state index contributed by atoms with van der Waals surface area (Å²) in [7, 11) is 1.49. The molecule has 2 N–H and O–H groups in total. The van der Waals surface area contributed by atoms with Gasteiger partial charge in [-0.05, 0) is 50.2 Å². The molecule has 6 heteroatoms. The first kappa shape index (κ1) is 19.3. The Hall–Kier alpha value is -2.99. The van der Waals surface area contributed by atoms with E-state index in [1.54, 1.807) is 6.07 Å². The van der Waals surface area contributed by atoms with Crippen LogP contribution in [0.2, 0.25) is 0 Å². The lowest BCUT2D eigenvalue weighted by molar-refractivity contribution is -0.702. The SMILES string of the molecule is CCOc1cc2c(cc1OCC)-n1cccc1[C@H](c1ccc(F)c(OC)c1)[NH2+]C2. The quantitative estimate of drug-likeness (QED) is 0.692. The lowest BCUT2D eigenvalue weighted by Gasteiger charge is -2.16. The van der Waals surface area contributed by atoms with Crippen molar-refractivity contribution < 1.29 is 23.9 Å². The zero-order valence-corrected chi connectivity index (χ0v) is 16.9. The second-order valence-electron chi connectivity index (χ2n) is 6.91. The normalized spacial score (nSPS) is 15.2. The molecule has 0 radical (unpaired) electrons. The fraction of sp³-hybridized carbons (Fsp3) is 0.304. The summed E-state index contributed by atoms with van der Waals surface area (Å²) >= 11 is 0. The predicted octanol–water partition coefficient (Wildman–Crippen LogP) is 3.59. The van der Waals surface area contributed by atoms with Crippen LogP contribution >= 0.6 is 0 Å². The number of nitrogens with zero attached hydrogens (tertiary/aromatic N) is 1. The molecule has 1 aromatic heterocycles. The summed E-state index contributed by atoms with van der Waals surface area (Å²) in [5.41, 5.74) is 4.34. The fourth-order valence-corrected chi connectivity index (χ4v) is 3.92. The van der Waals surface area contributed by atoms with E-state index < -0.39 is 0 Å². The van der Waals surface area contributed by atoms with Crippen LogP contribution in [0.1, 0.15) is 36.7 Å². The number of methoxy groups -OCH3 is 1. The van der Waals surface area contributed by atoms with Gasteiger partial charge in [0.1, 0.15) is 6.54 Å². The van der Waals surface area contributed by atoms with Gasteiger partial charge in [0.25, 0.3) is 0 Å². The molecule has 1 aliphatic heterocycles. The largest absolute Gasteiger partial charge is 0.494 e. The fourth-order valence-electron chi connectivity index (χ4n) is 3.92. The van der Waals surface area contributed by atoms with Gasteiger partial charge >= 0.3 is 0 Å². The maximum Gasteiger partial charge on any atom is 0.165 e. The van der Waals surface area contributed by atoms with Gasteiger partial charge in [-0.15, -0.1) is 0 Å². The van der Waals surface area contributed by atoms with Crippen molar-refractivity contribution in [2.45, 2.75) is 26.4 Å². The molecule has 1 aliphatic rings. The second kappa shape index (κ2) is 8.17. The minimum atomic E-state index is -0.355. The second-order valence-corrected chi connectivity index (χ2v) is 6.91. The summed E-state index contributed by atoms with van der Waals surface area (Å²) in [6.07, 6.45) is 2.05. The number of rotatable bonds is 6. The topological polar surface area (TPSA) is 49.2 Å². The summed E-state index contributed by atoms with van der Waals surface area (Å²) < 4.78 is 33.0. The number of aromatic nitrogens is 1. The number of halogens is 1. The van der Waals surface area contributed by atoms with Crippen LogP contribution in [0.25, 0.3) is 5.69 Å². The van der Waals surface area contributed by atoms with E-state index in [9.17, 15) is 4.39 Å². The first-order valence-electron chi connectivity index (χ1n) is 9.93. The van der Waals surface area contributed by atoms with E-state index in [1.807, 2.05) is 26.0 Å². The molecule has 1 atom stereocenters. The standard InChI is InChI=1S/C23H25FN2O3/c1-4-28-21-12-16-14-25-23(15-8-9-17(24)20(11-15)27-3)18-7-6-10-26(18)19(16)13-22(21)29-5-2/h6-13,23,25H,4-5,14H2,1-3H3/p+1/t23-/m0/s1. The van der Waals surface area contributed by atoms with Crippen LogP contribution in [0, 0.1) is 5.82 Å². The Morgan fingerprint density at radius 1 is 1.03 bits per heavy atom. The van der Waals surface area contributed by atoms with Crippen LogP contribution in [0.4, 0.5) is 4.39 Å². The van der Waals surface area contributed by atoms with Crippen molar-refractivity contribution in [3.05, 3.63) is 71.3 Å². The summed E-state index contributed by atoms with van der Waals surface area (Å²) in [6, 6.07) is 13.3. The summed E-state index contributed by atoms with van der Waals surface area (Å²) in [5, 5.41) is 2.25. The first-order valence-corrected chi connectivity index (χ1v) is 9.93. The van der Waals surface area contributed by atoms with E-state index in [-0.39, 0.29) is 17.6 Å². The van der Waals surface area contributed by atoms with Gasteiger partial charge in [-0.2, -0.15) is 0 Å². The molecule has 3 aromatic rings. The third-order valence-electron chi connectivity index (χ3n) is 5.21. The highest BCUT2D eigenvalue weighted by Gasteiger charge is 2.28. The number of hydrogen-bond acceptors (Lipinski definition) is 3. The molecule has 2 aromatic carbocycles. The monoisotopic (exact) mass is 397 g/mol. The van der Waals surface area contributed by atoms with Crippen molar-refractivity contribution in [1.82, 2.24) is 4.57 Å². The molecular formula is C23H26FN2O3+. The summed E-state index contributed by atoms with van der Waals surface area (Å²) in [4.78, 5) is 0. The minimum Gasteiger partial charge on any atom is -0.494 e. The van der Waals surface area contributed by atoms with Crippen molar-refractivity contribution in [3.8, 4) is 22.9 Å². The van der Waals surface area contributed by atoms with Gasteiger partial charge in [0.2, 0.25) is 0 Å². The van der Waals surface area contributed by atoms with Crippen LogP contribution in [0.3, 0.4) is 0 Å². The van der Waals surface area contributed by atoms with Gasteiger partial charge in [-0.25, -0.2) is 4.39 Å². The van der Waals surface area contributed by atoms with E-state index in [0.717, 1.165) is 40.6 Å². The Morgan fingerprint density at radius 3 is 2.52 bits per heavy atom. The lowest BCUT2D eigenvalue weighted by Crippen LogP contribution is -2.83. The number of nitrogens with two attached hydrogens (primary N) is 1. The molecule has 0 spiro atoms. The van der Waals surface area contributed by atoms with Crippen molar-refractivity contribution in [2.75, 3.05) is 20.3 Å². The van der Waals surface area contributed by atoms with Crippen LogP contribution < -0.4 is 19.5 Å². The minimum absolute atomic E-state index is 0.0120. The third-order valence-corrected chi connectivity index (χ3v) is 5.21. The molecule has 0 amide bonds. The van der Waals surface area contributed by atoms with Crippen LogP contribution in [-0.4, -0.2) is 24.9 Å². The van der Waals surface area contributed by atoms with Crippen molar-refractivity contribution in [3.63, 3.8) is 0 Å².